The molecule has 148 valence electrons. The Morgan fingerprint density at radius 1 is 1.19 bits per heavy atom. The largest absolute Gasteiger partial charge is 0.494 e. The Balaban J connectivity index is 1.39. The lowest BCUT2D eigenvalue weighted by Gasteiger charge is -2.41. The number of amides is 1. The lowest BCUT2D eigenvalue weighted by atomic mass is 9.93. The Morgan fingerprint density at radius 3 is 2.67 bits per heavy atom. The van der Waals surface area contributed by atoms with Crippen LogP contribution < -0.4 is 4.74 Å². The maximum atomic E-state index is 12.8. The molecule has 0 saturated carbocycles. The second kappa shape index (κ2) is 9.28. The van der Waals surface area contributed by atoms with Crippen LogP contribution in [0.1, 0.15) is 44.9 Å². The molecule has 2 heterocycles. The van der Waals surface area contributed by atoms with E-state index in [0.29, 0.717) is 29.9 Å². The molecule has 1 amide bonds. The molecule has 0 aliphatic carbocycles. The summed E-state index contributed by atoms with van der Waals surface area (Å²) in [5, 5.41) is 1.05. The molecule has 7 heteroatoms. The van der Waals surface area contributed by atoms with Crippen LogP contribution in [0.4, 0.5) is 0 Å². The fourth-order valence-corrected chi connectivity index (χ4v) is 4.48. The molecule has 27 heavy (non-hydrogen) atoms. The predicted molar refractivity (Wildman–Crippen MR) is 107 cm³/mol. The molecule has 2 aliphatic rings. The van der Waals surface area contributed by atoms with Crippen LogP contribution in [-0.4, -0.2) is 46.9 Å². The van der Waals surface area contributed by atoms with Gasteiger partial charge in [0.15, 0.2) is 5.60 Å². The van der Waals surface area contributed by atoms with Gasteiger partial charge in [-0.15, -0.1) is 0 Å². The smallest absolute Gasteiger partial charge is 0.329 e. The van der Waals surface area contributed by atoms with Crippen molar-refractivity contribution >= 4 is 39.4 Å². The minimum absolute atomic E-state index is 0.0347. The van der Waals surface area contributed by atoms with E-state index in [-0.39, 0.29) is 17.9 Å². The Morgan fingerprint density at radius 2 is 1.93 bits per heavy atom. The van der Waals surface area contributed by atoms with Crippen LogP contribution in [0, 0.1) is 0 Å². The van der Waals surface area contributed by atoms with E-state index >= 15 is 0 Å². The highest BCUT2D eigenvalue weighted by molar-refractivity contribution is 9.09. The topological polar surface area (TPSA) is 55.8 Å². The zero-order chi connectivity index (χ0) is 19.3. The summed E-state index contributed by atoms with van der Waals surface area (Å²) in [6.45, 7) is 1.31. The molecule has 0 radical (unpaired) electrons. The van der Waals surface area contributed by atoms with Crippen LogP contribution in [0.5, 0.6) is 5.75 Å². The van der Waals surface area contributed by atoms with E-state index in [1.54, 1.807) is 4.90 Å². The number of carbonyl (C=O) groups excluding carboxylic acids is 2. The number of benzene rings is 1. The first-order valence-electron chi connectivity index (χ1n) is 9.54. The highest BCUT2D eigenvalue weighted by Crippen LogP contribution is 2.35. The van der Waals surface area contributed by atoms with Crippen molar-refractivity contribution in [2.45, 2.75) is 56.6 Å². The molecule has 0 spiro atoms. The van der Waals surface area contributed by atoms with Crippen molar-refractivity contribution in [1.82, 2.24) is 4.90 Å². The number of rotatable bonds is 9. The highest BCUT2D eigenvalue weighted by atomic mass is 79.9. The number of cyclic esters (lactones) is 1. The number of fused-ring (bicyclic) bond motifs is 1. The van der Waals surface area contributed by atoms with Crippen LogP contribution in [0.3, 0.4) is 0 Å². The number of hydrogen-bond donors (Lipinski definition) is 0. The summed E-state index contributed by atoms with van der Waals surface area (Å²) in [5.41, 5.74) is -1.03. The standard InChI is InChI=1S/C20H25BrClNO4/c21-14-20(19(25)23-12-5-6-17(23)18(24)27-20)11-3-1-2-4-13-26-16-9-7-15(22)8-10-16/h7-10,17H,1-6,11-14H2. The van der Waals surface area contributed by atoms with Gasteiger partial charge in [-0.2, -0.15) is 0 Å². The zero-order valence-electron chi connectivity index (χ0n) is 15.3. The SMILES string of the molecule is O=C1OC(CBr)(CCCCCCOc2ccc(Cl)cc2)C(=O)N2CCCC12. The van der Waals surface area contributed by atoms with E-state index in [0.717, 1.165) is 44.3 Å². The number of ether oxygens (including phenoxy) is 2. The molecule has 2 saturated heterocycles. The summed E-state index contributed by atoms with van der Waals surface area (Å²) in [6, 6.07) is 6.97. The van der Waals surface area contributed by atoms with Crippen molar-refractivity contribution in [2.75, 3.05) is 18.5 Å². The normalized spacial score (nSPS) is 24.7. The molecule has 0 bridgehead atoms. The molecule has 2 unspecified atom stereocenters. The minimum atomic E-state index is -1.03. The van der Waals surface area contributed by atoms with Crippen LogP contribution in [0.15, 0.2) is 24.3 Å². The summed E-state index contributed by atoms with van der Waals surface area (Å²) >= 11 is 9.25. The monoisotopic (exact) mass is 457 g/mol. The molecule has 1 aromatic carbocycles. The maximum Gasteiger partial charge on any atom is 0.329 e. The van der Waals surface area contributed by atoms with Gasteiger partial charge in [0.05, 0.1) is 11.9 Å². The van der Waals surface area contributed by atoms with Crippen molar-refractivity contribution in [3.05, 3.63) is 29.3 Å². The average Bonchev–Trinajstić information content (AvgIpc) is 3.17. The van der Waals surface area contributed by atoms with E-state index in [4.69, 9.17) is 21.1 Å². The second-order valence-electron chi connectivity index (χ2n) is 7.17. The van der Waals surface area contributed by atoms with E-state index in [2.05, 4.69) is 15.9 Å². The summed E-state index contributed by atoms with van der Waals surface area (Å²) in [6.07, 6.45) is 5.89. The van der Waals surface area contributed by atoms with Crippen LogP contribution in [-0.2, 0) is 14.3 Å². The third-order valence-electron chi connectivity index (χ3n) is 5.24. The van der Waals surface area contributed by atoms with Gasteiger partial charge in [0.25, 0.3) is 5.91 Å². The summed E-state index contributed by atoms with van der Waals surface area (Å²) < 4.78 is 11.3. The fourth-order valence-electron chi connectivity index (χ4n) is 3.72. The lowest BCUT2D eigenvalue weighted by Crippen LogP contribution is -2.61. The highest BCUT2D eigenvalue weighted by Gasteiger charge is 2.53. The van der Waals surface area contributed by atoms with Gasteiger partial charge in [-0.05, 0) is 56.4 Å². The first-order valence-corrected chi connectivity index (χ1v) is 11.0. The molecule has 3 rings (SSSR count). The van der Waals surface area contributed by atoms with E-state index in [1.165, 1.54) is 0 Å². The van der Waals surface area contributed by atoms with Crippen molar-refractivity contribution in [1.29, 1.82) is 0 Å². The predicted octanol–water partition coefficient (Wildman–Crippen LogP) is 4.35. The number of morpholine rings is 1. The molecule has 2 atom stereocenters. The molecular formula is C20H25BrClNO4. The van der Waals surface area contributed by atoms with Gasteiger partial charge in [-0.1, -0.05) is 40.4 Å². The summed E-state index contributed by atoms with van der Waals surface area (Å²) in [7, 11) is 0. The molecule has 0 N–H and O–H groups in total. The average molecular weight is 459 g/mol. The Hall–Kier alpha value is -1.27. The van der Waals surface area contributed by atoms with E-state index in [9.17, 15) is 9.59 Å². The van der Waals surface area contributed by atoms with Crippen molar-refractivity contribution in [3.8, 4) is 5.75 Å². The number of unbranched alkanes of at least 4 members (excludes halogenated alkanes) is 3. The second-order valence-corrected chi connectivity index (χ2v) is 8.17. The first kappa shape index (κ1) is 20.5. The zero-order valence-corrected chi connectivity index (χ0v) is 17.6. The quantitative estimate of drug-likeness (QED) is 0.314. The van der Waals surface area contributed by atoms with Gasteiger partial charge in [0.1, 0.15) is 11.8 Å². The number of hydrogen-bond acceptors (Lipinski definition) is 4. The fraction of sp³-hybridized carbons (Fsp3) is 0.600. The van der Waals surface area contributed by atoms with E-state index < -0.39 is 5.60 Å². The lowest BCUT2D eigenvalue weighted by molar-refractivity contribution is -0.188. The third kappa shape index (κ3) is 4.77. The van der Waals surface area contributed by atoms with E-state index in [1.807, 2.05) is 24.3 Å². The minimum Gasteiger partial charge on any atom is -0.494 e. The van der Waals surface area contributed by atoms with Crippen molar-refractivity contribution in [2.24, 2.45) is 0 Å². The van der Waals surface area contributed by atoms with Gasteiger partial charge in [0.2, 0.25) is 0 Å². The van der Waals surface area contributed by atoms with Gasteiger partial charge in [-0.25, -0.2) is 4.79 Å². The molecule has 2 aliphatic heterocycles. The summed E-state index contributed by atoms with van der Waals surface area (Å²) in [4.78, 5) is 26.8. The Labute approximate surface area is 173 Å². The Bertz CT molecular complexity index is 668. The van der Waals surface area contributed by atoms with Gasteiger partial charge in [-0.3, -0.25) is 4.79 Å². The number of nitrogens with zero attached hydrogens (tertiary/aromatic N) is 1. The molecule has 0 aromatic heterocycles. The first-order chi connectivity index (χ1) is 13.1. The Kier molecular flexibility index (Phi) is 7.04. The molecule has 5 nitrogen and oxygen atoms in total. The number of alkyl halides is 1. The van der Waals surface area contributed by atoms with Crippen LogP contribution >= 0.6 is 27.5 Å². The number of carbonyl (C=O) groups is 2. The van der Waals surface area contributed by atoms with Crippen molar-refractivity contribution in [3.63, 3.8) is 0 Å². The number of halogens is 2. The van der Waals surface area contributed by atoms with Crippen LogP contribution in [0.25, 0.3) is 0 Å². The molecular weight excluding hydrogens is 434 g/mol. The van der Waals surface area contributed by atoms with Gasteiger partial charge < -0.3 is 14.4 Å². The third-order valence-corrected chi connectivity index (χ3v) is 6.40. The molecule has 2 fully saturated rings. The van der Waals surface area contributed by atoms with Crippen molar-refractivity contribution < 1.29 is 19.1 Å². The van der Waals surface area contributed by atoms with Gasteiger partial charge >= 0.3 is 5.97 Å². The number of esters is 1. The molecule has 1 aromatic rings. The van der Waals surface area contributed by atoms with Gasteiger partial charge in [0, 0.05) is 11.6 Å². The maximum absolute atomic E-state index is 12.8. The van der Waals surface area contributed by atoms with Crippen LogP contribution in [0.2, 0.25) is 5.02 Å². The summed E-state index contributed by atoms with van der Waals surface area (Å²) in [5.74, 6) is 0.535.